The predicted octanol–water partition coefficient (Wildman–Crippen LogP) is 2.12. The smallest absolute Gasteiger partial charge is 0.126 e. The zero-order valence-corrected chi connectivity index (χ0v) is 11.4. The minimum Gasteiger partial charge on any atom is -0.377 e. The fourth-order valence-electron chi connectivity index (χ4n) is 2.46. The molecule has 4 nitrogen and oxygen atoms in total. The Balaban J connectivity index is 1.91. The lowest BCUT2D eigenvalue weighted by Gasteiger charge is -2.32. The summed E-state index contributed by atoms with van der Waals surface area (Å²) in [4.78, 5) is 7.00. The molecule has 1 saturated heterocycles. The number of nitrogens with zero attached hydrogens (tertiary/aromatic N) is 2. The van der Waals surface area contributed by atoms with Crippen molar-refractivity contribution in [1.82, 2.24) is 9.88 Å². The van der Waals surface area contributed by atoms with Gasteiger partial charge in [0, 0.05) is 26.7 Å². The number of hydrogen-bond acceptors (Lipinski definition) is 4. The summed E-state index contributed by atoms with van der Waals surface area (Å²) in [5, 5.41) is 3.08. The molecule has 1 fully saturated rings. The van der Waals surface area contributed by atoms with E-state index < -0.39 is 0 Å². The molecule has 1 atom stereocenters. The number of likely N-dealkylation sites (tertiary alicyclic amines) is 1. The SMILES string of the molecule is CCOC1CCCN(Cc2cccc(NC)n2)C1. The van der Waals surface area contributed by atoms with Crippen LogP contribution in [0.2, 0.25) is 0 Å². The highest BCUT2D eigenvalue weighted by Gasteiger charge is 2.20. The second kappa shape index (κ2) is 6.71. The fourth-order valence-corrected chi connectivity index (χ4v) is 2.46. The van der Waals surface area contributed by atoms with Gasteiger partial charge in [-0.3, -0.25) is 4.90 Å². The van der Waals surface area contributed by atoms with Gasteiger partial charge in [-0.05, 0) is 38.4 Å². The molecule has 0 spiro atoms. The number of ether oxygens (including phenoxy) is 1. The normalized spacial score (nSPS) is 20.9. The highest BCUT2D eigenvalue weighted by Crippen LogP contribution is 2.16. The molecule has 1 aromatic rings. The summed E-state index contributed by atoms with van der Waals surface area (Å²) in [5.74, 6) is 0.936. The van der Waals surface area contributed by atoms with Crippen molar-refractivity contribution in [2.45, 2.75) is 32.4 Å². The number of nitrogens with one attached hydrogen (secondary N) is 1. The van der Waals surface area contributed by atoms with E-state index in [2.05, 4.69) is 34.3 Å². The van der Waals surface area contributed by atoms with E-state index in [4.69, 9.17) is 4.74 Å². The van der Waals surface area contributed by atoms with Crippen LogP contribution in [0.15, 0.2) is 18.2 Å². The number of hydrogen-bond donors (Lipinski definition) is 1. The first kappa shape index (κ1) is 13.3. The van der Waals surface area contributed by atoms with E-state index in [9.17, 15) is 0 Å². The Bertz CT molecular complexity index is 368. The number of aromatic nitrogens is 1. The van der Waals surface area contributed by atoms with Gasteiger partial charge in [-0.1, -0.05) is 6.07 Å². The molecule has 2 heterocycles. The van der Waals surface area contributed by atoms with Crippen LogP contribution in [0, 0.1) is 0 Å². The largest absolute Gasteiger partial charge is 0.377 e. The zero-order chi connectivity index (χ0) is 12.8. The molecule has 0 radical (unpaired) electrons. The standard InChI is InChI=1S/C14H23N3O/c1-3-18-13-7-5-9-17(11-13)10-12-6-4-8-14(15-2)16-12/h4,6,8,13H,3,5,7,9-11H2,1-2H3,(H,15,16). The van der Waals surface area contributed by atoms with Crippen molar-refractivity contribution in [3.05, 3.63) is 23.9 Å². The highest BCUT2D eigenvalue weighted by atomic mass is 16.5. The van der Waals surface area contributed by atoms with Gasteiger partial charge in [-0.2, -0.15) is 0 Å². The molecule has 1 N–H and O–H groups in total. The summed E-state index contributed by atoms with van der Waals surface area (Å²) in [6.07, 6.45) is 2.81. The van der Waals surface area contributed by atoms with Gasteiger partial charge in [-0.25, -0.2) is 4.98 Å². The van der Waals surface area contributed by atoms with Gasteiger partial charge in [0.15, 0.2) is 0 Å². The van der Waals surface area contributed by atoms with E-state index in [0.29, 0.717) is 6.10 Å². The predicted molar refractivity (Wildman–Crippen MR) is 73.7 cm³/mol. The summed E-state index contributed by atoms with van der Waals surface area (Å²) in [6, 6.07) is 6.13. The lowest BCUT2D eigenvalue weighted by atomic mass is 10.1. The monoisotopic (exact) mass is 249 g/mol. The molecule has 1 aromatic heterocycles. The Morgan fingerprint density at radius 3 is 3.17 bits per heavy atom. The Labute approximate surface area is 109 Å². The number of piperidine rings is 1. The van der Waals surface area contributed by atoms with Gasteiger partial charge in [0.2, 0.25) is 0 Å². The molecular weight excluding hydrogens is 226 g/mol. The van der Waals surface area contributed by atoms with Crippen LogP contribution >= 0.6 is 0 Å². The van der Waals surface area contributed by atoms with E-state index >= 15 is 0 Å². The molecule has 0 aromatic carbocycles. The third-order valence-electron chi connectivity index (χ3n) is 3.31. The van der Waals surface area contributed by atoms with Crippen LogP contribution in [0.4, 0.5) is 5.82 Å². The van der Waals surface area contributed by atoms with E-state index in [1.807, 2.05) is 13.1 Å². The molecule has 0 aliphatic carbocycles. The molecule has 2 rings (SSSR count). The quantitative estimate of drug-likeness (QED) is 0.867. The Hall–Kier alpha value is -1.13. The molecule has 4 heteroatoms. The van der Waals surface area contributed by atoms with Crippen molar-refractivity contribution in [1.29, 1.82) is 0 Å². The van der Waals surface area contributed by atoms with Crippen molar-refractivity contribution in [3.63, 3.8) is 0 Å². The maximum Gasteiger partial charge on any atom is 0.126 e. The van der Waals surface area contributed by atoms with Gasteiger partial charge in [-0.15, -0.1) is 0 Å². The van der Waals surface area contributed by atoms with Crippen LogP contribution < -0.4 is 5.32 Å². The van der Waals surface area contributed by atoms with E-state index in [-0.39, 0.29) is 0 Å². The first-order valence-electron chi connectivity index (χ1n) is 6.79. The summed E-state index contributed by atoms with van der Waals surface area (Å²) in [5.41, 5.74) is 1.12. The van der Waals surface area contributed by atoms with Gasteiger partial charge in [0.25, 0.3) is 0 Å². The Morgan fingerprint density at radius 1 is 1.50 bits per heavy atom. The van der Waals surface area contributed by atoms with Crippen molar-refractivity contribution in [3.8, 4) is 0 Å². The summed E-state index contributed by atoms with van der Waals surface area (Å²) < 4.78 is 5.72. The molecular formula is C14H23N3O. The van der Waals surface area contributed by atoms with E-state index in [1.165, 1.54) is 12.8 Å². The van der Waals surface area contributed by atoms with Crippen LogP contribution in [-0.4, -0.2) is 42.7 Å². The van der Waals surface area contributed by atoms with Crippen molar-refractivity contribution in [2.75, 3.05) is 32.1 Å². The number of anilines is 1. The van der Waals surface area contributed by atoms with E-state index in [0.717, 1.165) is 37.8 Å². The highest BCUT2D eigenvalue weighted by molar-refractivity contribution is 5.34. The molecule has 1 unspecified atom stereocenters. The molecule has 18 heavy (non-hydrogen) atoms. The minimum atomic E-state index is 0.399. The molecule has 1 aliphatic heterocycles. The average Bonchev–Trinajstić information content (AvgIpc) is 2.40. The van der Waals surface area contributed by atoms with E-state index in [1.54, 1.807) is 0 Å². The van der Waals surface area contributed by atoms with Crippen LogP contribution in [0.25, 0.3) is 0 Å². The second-order valence-electron chi connectivity index (χ2n) is 4.72. The molecule has 1 aliphatic rings. The topological polar surface area (TPSA) is 37.4 Å². The lowest BCUT2D eigenvalue weighted by molar-refractivity contribution is 0.00333. The molecule has 0 saturated carbocycles. The maximum atomic E-state index is 5.72. The summed E-state index contributed by atoms with van der Waals surface area (Å²) in [7, 11) is 1.90. The zero-order valence-electron chi connectivity index (χ0n) is 11.4. The van der Waals surface area contributed by atoms with Crippen molar-refractivity contribution < 1.29 is 4.74 Å². The number of rotatable bonds is 5. The summed E-state index contributed by atoms with van der Waals surface area (Å²) >= 11 is 0. The Morgan fingerprint density at radius 2 is 2.39 bits per heavy atom. The second-order valence-corrected chi connectivity index (χ2v) is 4.72. The van der Waals surface area contributed by atoms with Crippen molar-refractivity contribution in [2.24, 2.45) is 0 Å². The minimum absolute atomic E-state index is 0.399. The first-order valence-corrected chi connectivity index (χ1v) is 6.79. The molecule has 0 amide bonds. The fraction of sp³-hybridized carbons (Fsp3) is 0.643. The van der Waals surface area contributed by atoms with Gasteiger partial charge in [0.1, 0.15) is 5.82 Å². The summed E-state index contributed by atoms with van der Waals surface area (Å²) in [6.45, 7) is 5.97. The Kier molecular flexibility index (Phi) is 4.96. The average molecular weight is 249 g/mol. The maximum absolute atomic E-state index is 5.72. The third kappa shape index (κ3) is 3.68. The number of pyridine rings is 1. The van der Waals surface area contributed by atoms with Crippen molar-refractivity contribution >= 4 is 5.82 Å². The van der Waals surface area contributed by atoms with Crippen LogP contribution in [-0.2, 0) is 11.3 Å². The van der Waals surface area contributed by atoms with Gasteiger partial charge < -0.3 is 10.1 Å². The van der Waals surface area contributed by atoms with Crippen LogP contribution in [0.5, 0.6) is 0 Å². The van der Waals surface area contributed by atoms with Gasteiger partial charge >= 0.3 is 0 Å². The van der Waals surface area contributed by atoms with Crippen LogP contribution in [0.3, 0.4) is 0 Å². The molecule has 0 bridgehead atoms. The molecule has 100 valence electrons. The van der Waals surface area contributed by atoms with Crippen LogP contribution in [0.1, 0.15) is 25.5 Å². The third-order valence-corrected chi connectivity index (χ3v) is 3.31. The lowest BCUT2D eigenvalue weighted by Crippen LogP contribution is -2.39. The van der Waals surface area contributed by atoms with Gasteiger partial charge in [0.05, 0.1) is 11.8 Å². The first-order chi connectivity index (χ1) is 8.81.